The second kappa shape index (κ2) is 15.0. The fraction of sp³-hybridized carbons (Fsp3) is 0.667. The fourth-order valence-electron chi connectivity index (χ4n) is 4.20. The SMILES string of the molecule is CCCC(C)C(=O)Oc1ccc(CC(N)(C[C@H](C)OC(=O)CC(C)(C)C)C(=O)O)cc1OC(=O)C(C)CCC. The van der Waals surface area contributed by atoms with E-state index >= 15 is 0 Å². The van der Waals surface area contributed by atoms with E-state index in [4.69, 9.17) is 19.9 Å². The van der Waals surface area contributed by atoms with Crippen molar-refractivity contribution in [3.05, 3.63) is 23.8 Å². The number of benzene rings is 1. The summed E-state index contributed by atoms with van der Waals surface area (Å²) < 4.78 is 16.6. The van der Waals surface area contributed by atoms with Crippen LogP contribution in [0.5, 0.6) is 11.5 Å². The van der Waals surface area contributed by atoms with Crippen molar-refractivity contribution in [3.63, 3.8) is 0 Å². The normalized spacial score (nSPS) is 15.4. The molecule has 0 amide bonds. The molecule has 0 radical (unpaired) electrons. The van der Waals surface area contributed by atoms with Crippen LogP contribution in [0.4, 0.5) is 0 Å². The maximum absolute atomic E-state index is 12.7. The smallest absolute Gasteiger partial charge is 0.324 e. The molecule has 0 saturated heterocycles. The molecule has 0 aliphatic heterocycles. The zero-order valence-corrected chi connectivity index (χ0v) is 24.8. The highest BCUT2D eigenvalue weighted by Gasteiger charge is 2.37. The summed E-state index contributed by atoms with van der Waals surface area (Å²) in [6, 6.07) is 4.54. The molecule has 9 heteroatoms. The molecule has 0 spiro atoms. The third-order valence-corrected chi connectivity index (χ3v) is 6.28. The number of carboxylic acid groups (broad SMARTS) is 1. The van der Waals surface area contributed by atoms with Gasteiger partial charge in [-0.1, -0.05) is 67.4 Å². The minimum absolute atomic E-state index is 0.0230. The molecule has 0 saturated carbocycles. The van der Waals surface area contributed by atoms with Gasteiger partial charge in [0.05, 0.1) is 18.3 Å². The van der Waals surface area contributed by atoms with Crippen molar-refractivity contribution >= 4 is 23.9 Å². The van der Waals surface area contributed by atoms with Crippen molar-refractivity contribution in [3.8, 4) is 11.5 Å². The van der Waals surface area contributed by atoms with Crippen molar-refractivity contribution in [2.24, 2.45) is 23.0 Å². The Labute approximate surface area is 232 Å². The molecule has 1 aromatic carbocycles. The van der Waals surface area contributed by atoms with Gasteiger partial charge >= 0.3 is 23.9 Å². The third kappa shape index (κ3) is 11.8. The average molecular weight is 550 g/mol. The maximum atomic E-state index is 12.7. The lowest BCUT2D eigenvalue weighted by molar-refractivity contribution is -0.154. The zero-order chi connectivity index (χ0) is 30.0. The summed E-state index contributed by atoms with van der Waals surface area (Å²) in [6.45, 7) is 14.8. The summed E-state index contributed by atoms with van der Waals surface area (Å²) >= 11 is 0. The first-order valence-corrected chi connectivity index (χ1v) is 13.8. The molecule has 1 aromatic rings. The Bertz CT molecular complexity index is 999. The molecule has 9 nitrogen and oxygen atoms in total. The van der Waals surface area contributed by atoms with E-state index in [1.54, 1.807) is 26.8 Å². The zero-order valence-electron chi connectivity index (χ0n) is 24.8. The van der Waals surface area contributed by atoms with Crippen LogP contribution in [0.15, 0.2) is 18.2 Å². The van der Waals surface area contributed by atoms with Crippen LogP contribution in [0.25, 0.3) is 0 Å². The van der Waals surface area contributed by atoms with Gasteiger partial charge in [0, 0.05) is 12.8 Å². The number of carbonyl (C=O) groups is 4. The van der Waals surface area contributed by atoms with Crippen LogP contribution in [-0.2, 0) is 30.3 Å². The number of hydrogen-bond acceptors (Lipinski definition) is 8. The average Bonchev–Trinajstić information content (AvgIpc) is 2.79. The van der Waals surface area contributed by atoms with Crippen LogP contribution in [0, 0.1) is 17.3 Å². The number of ether oxygens (including phenoxy) is 3. The second-order valence-electron chi connectivity index (χ2n) is 11.9. The van der Waals surface area contributed by atoms with Crippen LogP contribution in [0.2, 0.25) is 0 Å². The Morgan fingerprint density at radius 3 is 1.87 bits per heavy atom. The summed E-state index contributed by atoms with van der Waals surface area (Å²) in [7, 11) is 0. The van der Waals surface area contributed by atoms with Gasteiger partial charge in [0.2, 0.25) is 0 Å². The molecule has 0 fully saturated rings. The van der Waals surface area contributed by atoms with Crippen LogP contribution in [0.1, 0.15) is 99.5 Å². The largest absolute Gasteiger partial charge is 0.480 e. The Balaban J connectivity index is 3.24. The Hall–Kier alpha value is -2.94. The van der Waals surface area contributed by atoms with E-state index in [1.165, 1.54) is 12.1 Å². The number of carboxylic acids is 1. The summed E-state index contributed by atoms with van der Waals surface area (Å²) in [6.07, 6.45) is 2.04. The quantitative estimate of drug-likeness (QED) is 0.215. The third-order valence-electron chi connectivity index (χ3n) is 6.28. The monoisotopic (exact) mass is 549 g/mol. The fourth-order valence-corrected chi connectivity index (χ4v) is 4.20. The predicted molar refractivity (Wildman–Crippen MR) is 148 cm³/mol. The lowest BCUT2D eigenvalue weighted by Crippen LogP contribution is -2.52. The van der Waals surface area contributed by atoms with Crippen molar-refractivity contribution < 1.29 is 38.5 Å². The molecule has 220 valence electrons. The van der Waals surface area contributed by atoms with E-state index in [2.05, 4.69) is 0 Å². The van der Waals surface area contributed by atoms with Gasteiger partial charge in [0.1, 0.15) is 11.6 Å². The summed E-state index contributed by atoms with van der Waals surface area (Å²) in [5, 5.41) is 9.97. The molecule has 3 N–H and O–H groups in total. The number of hydrogen-bond donors (Lipinski definition) is 2. The molecule has 0 aliphatic carbocycles. The molecule has 39 heavy (non-hydrogen) atoms. The van der Waals surface area contributed by atoms with Gasteiger partial charge in [-0.25, -0.2) is 0 Å². The van der Waals surface area contributed by atoms with E-state index in [0.717, 1.165) is 12.8 Å². The lowest BCUT2D eigenvalue weighted by Gasteiger charge is -2.29. The number of aliphatic carboxylic acids is 1. The Morgan fingerprint density at radius 2 is 1.41 bits per heavy atom. The predicted octanol–water partition coefficient (Wildman–Crippen LogP) is 5.45. The van der Waals surface area contributed by atoms with Crippen LogP contribution in [0.3, 0.4) is 0 Å². The second-order valence-corrected chi connectivity index (χ2v) is 11.9. The first kappa shape index (κ1) is 34.1. The number of esters is 3. The van der Waals surface area contributed by atoms with Gasteiger partial charge in [-0.3, -0.25) is 19.2 Å². The highest BCUT2D eigenvalue weighted by atomic mass is 16.6. The van der Waals surface area contributed by atoms with Gasteiger partial charge in [0.25, 0.3) is 0 Å². The van der Waals surface area contributed by atoms with Gasteiger partial charge < -0.3 is 25.1 Å². The molecular formula is C30H47NO8. The molecule has 4 atom stereocenters. The maximum Gasteiger partial charge on any atom is 0.324 e. The molecular weight excluding hydrogens is 502 g/mol. The minimum atomic E-state index is -1.77. The standard InChI is InChI=1S/C30H47NO8/c1-9-11-19(3)26(33)38-23-14-13-22(15-24(23)39-27(34)20(4)12-10-2)17-30(31,28(35)36)16-21(5)37-25(32)18-29(6,7)8/h13-15,19-21H,9-12,16-18,31H2,1-8H3,(H,35,36)/t19?,20?,21-,30?/m0/s1. The highest BCUT2D eigenvalue weighted by Crippen LogP contribution is 2.32. The first-order valence-electron chi connectivity index (χ1n) is 13.8. The van der Waals surface area contributed by atoms with Crippen molar-refractivity contribution in [1.82, 2.24) is 0 Å². The van der Waals surface area contributed by atoms with E-state index in [1.807, 2.05) is 34.6 Å². The molecule has 0 aromatic heterocycles. The summed E-state index contributed by atoms with van der Waals surface area (Å²) in [5.41, 5.74) is 4.74. The molecule has 0 bridgehead atoms. The topological polar surface area (TPSA) is 142 Å². The number of carbonyl (C=O) groups excluding carboxylic acids is 3. The Kier molecular flexibility index (Phi) is 13.1. The van der Waals surface area contributed by atoms with Crippen LogP contribution < -0.4 is 15.2 Å². The van der Waals surface area contributed by atoms with E-state index in [0.29, 0.717) is 18.4 Å². The highest BCUT2D eigenvalue weighted by molar-refractivity contribution is 5.80. The number of nitrogens with two attached hydrogens (primary N) is 1. The summed E-state index contributed by atoms with van der Waals surface area (Å²) in [4.78, 5) is 49.7. The lowest BCUT2D eigenvalue weighted by atomic mass is 9.86. The first-order chi connectivity index (χ1) is 18.0. The molecule has 0 heterocycles. The van der Waals surface area contributed by atoms with E-state index in [-0.39, 0.29) is 48.0 Å². The van der Waals surface area contributed by atoms with E-state index < -0.39 is 35.5 Å². The van der Waals surface area contributed by atoms with Crippen LogP contribution >= 0.6 is 0 Å². The van der Waals surface area contributed by atoms with Crippen molar-refractivity contribution in [2.45, 2.75) is 112 Å². The summed E-state index contributed by atoms with van der Waals surface area (Å²) in [5.74, 6) is -3.25. The van der Waals surface area contributed by atoms with Gasteiger partial charge in [-0.15, -0.1) is 0 Å². The molecule has 1 rings (SSSR count). The molecule has 0 aliphatic rings. The van der Waals surface area contributed by atoms with Gasteiger partial charge in [0.15, 0.2) is 11.5 Å². The minimum Gasteiger partial charge on any atom is -0.480 e. The van der Waals surface area contributed by atoms with Gasteiger partial charge in [-0.05, 0) is 42.9 Å². The van der Waals surface area contributed by atoms with E-state index in [9.17, 15) is 24.3 Å². The van der Waals surface area contributed by atoms with Crippen molar-refractivity contribution in [1.29, 1.82) is 0 Å². The van der Waals surface area contributed by atoms with Crippen molar-refractivity contribution in [2.75, 3.05) is 0 Å². The van der Waals surface area contributed by atoms with Crippen LogP contribution in [-0.4, -0.2) is 40.6 Å². The molecule has 3 unspecified atom stereocenters. The number of rotatable bonds is 15. The Morgan fingerprint density at radius 1 is 0.897 bits per heavy atom. The van der Waals surface area contributed by atoms with Gasteiger partial charge in [-0.2, -0.15) is 0 Å².